The maximum atomic E-state index is 13.5. The van der Waals surface area contributed by atoms with Crippen LogP contribution in [0.3, 0.4) is 0 Å². The summed E-state index contributed by atoms with van der Waals surface area (Å²) in [5.74, 6) is -0.370. The third-order valence-electron chi connectivity index (χ3n) is 4.27. The summed E-state index contributed by atoms with van der Waals surface area (Å²) in [6, 6.07) is 19.5. The second kappa shape index (κ2) is 8.00. The maximum absolute atomic E-state index is 13.5. The normalized spacial score (nSPS) is 11.0. The summed E-state index contributed by atoms with van der Waals surface area (Å²) in [6.45, 7) is 0.383. The zero-order valence-electron chi connectivity index (χ0n) is 14.9. The van der Waals surface area contributed by atoms with Crippen LogP contribution in [0.2, 0.25) is 0 Å². The molecule has 0 saturated heterocycles. The van der Waals surface area contributed by atoms with Crippen LogP contribution in [0.15, 0.2) is 76.0 Å². The number of carbonyl (C=O) groups is 1. The lowest BCUT2D eigenvalue weighted by Crippen LogP contribution is -2.24. The summed E-state index contributed by atoms with van der Waals surface area (Å²) in [7, 11) is 0. The van der Waals surface area contributed by atoms with Gasteiger partial charge in [0.2, 0.25) is 5.91 Å². The Hall–Kier alpha value is -2.90. The van der Waals surface area contributed by atoms with E-state index in [1.165, 1.54) is 23.1 Å². The average Bonchev–Trinajstić information content (AvgIpc) is 3.14. The zero-order valence-corrected chi connectivity index (χ0v) is 16.5. The molecular weight excluding hydrogens is 390 g/mol. The fourth-order valence-corrected chi connectivity index (χ4v) is 4.71. The van der Waals surface area contributed by atoms with Crippen molar-refractivity contribution >= 4 is 39.2 Å². The molecule has 0 saturated carbocycles. The van der Waals surface area contributed by atoms with E-state index >= 15 is 0 Å². The molecule has 0 aliphatic heterocycles. The standard InChI is InChI=1S/C21H17N3O2S2/c22-17(25)13-28-21-23-19-18(16(12-27-19)15-9-5-2-6-10-15)20(26)24(21)11-14-7-3-1-4-8-14/h1-10,12H,11,13H2,(H2,22,25). The van der Waals surface area contributed by atoms with E-state index in [-0.39, 0.29) is 11.3 Å². The van der Waals surface area contributed by atoms with E-state index < -0.39 is 5.91 Å². The van der Waals surface area contributed by atoms with Gasteiger partial charge in [0.25, 0.3) is 5.56 Å². The van der Waals surface area contributed by atoms with Gasteiger partial charge in [-0.3, -0.25) is 14.2 Å². The minimum absolute atomic E-state index is 0.0731. The van der Waals surface area contributed by atoms with Crippen LogP contribution < -0.4 is 11.3 Å². The number of thioether (sulfide) groups is 1. The fraction of sp³-hybridized carbons (Fsp3) is 0.0952. The van der Waals surface area contributed by atoms with E-state index in [4.69, 9.17) is 5.73 Å². The van der Waals surface area contributed by atoms with Crippen LogP contribution in [-0.2, 0) is 11.3 Å². The largest absolute Gasteiger partial charge is 0.369 e. The summed E-state index contributed by atoms with van der Waals surface area (Å²) >= 11 is 2.62. The summed E-state index contributed by atoms with van der Waals surface area (Å²) in [4.78, 5) is 30.1. The highest BCUT2D eigenvalue weighted by Gasteiger charge is 2.18. The van der Waals surface area contributed by atoms with Crippen LogP contribution in [0.1, 0.15) is 5.56 Å². The Morgan fingerprint density at radius 1 is 1.07 bits per heavy atom. The Balaban J connectivity index is 1.89. The van der Waals surface area contributed by atoms with Gasteiger partial charge in [-0.05, 0) is 11.1 Å². The van der Waals surface area contributed by atoms with Gasteiger partial charge in [-0.1, -0.05) is 72.4 Å². The Bertz CT molecular complexity index is 1180. The first-order valence-corrected chi connectivity index (χ1v) is 10.5. The number of benzene rings is 2. The molecule has 0 aliphatic carbocycles. The smallest absolute Gasteiger partial charge is 0.263 e. The van der Waals surface area contributed by atoms with E-state index in [0.717, 1.165) is 16.7 Å². The van der Waals surface area contributed by atoms with Crippen molar-refractivity contribution in [3.05, 3.63) is 82.0 Å². The summed E-state index contributed by atoms with van der Waals surface area (Å²) in [6.07, 6.45) is 0. The molecule has 0 spiro atoms. The quantitative estimate of drug-likeness (QED) is 0.390. The van der Waals surface area contributed by atoms with Crippen LogP contribution in [0.25, 0.3) is 21.3 Å². The molecule has 0 atom stereocenters. The van der Waals surface area contributed by atoms with Gasteiger partial charge in [-0.15, -0.1) is 11.3 Å². The average molecular weight is 408 g/mol. The lowest BCUT2D eigenvalue weighted by Gasteiger charge is -2.12. The summed E-state index contributed by atoms with van der Waals surface area (Å²) in [5.41, 5.74) is 8.04. The van der Waals surface area contributed by atoms with Crippen molar-refractivity contribution in [3.63, 3.8) is 0 Å². The van der Waals surface area contributed by atoms with Crippen molar-refractivity contribution in [2.45, 2.75) is 11.7 Å². The number of thiophene rings is 1. The molecule has 1 amide bonds. The van der Waals surface area contributed by atoms with Crippen molar-refractivity contribution in [1.82, 2.24) is 9.55 Å². The van der Waals surface area contributed by atoms with Gasteiger partial charge in [0.15, 0.2) is 5.16 Å². The predicted molar refractivity (Wildman–Crippen MR) is 115 cm³/mol. The number of nitrogens with zero attached hydrogens (tertiary/aromatic N) is 2. The van der Waals surface area contributed by atoms with Gasteiger partial charge in [-0.2, -0.15) is 0 Å². The minimum atomic E-state index is -0.443. The Morgan fingerprint density at radius 3 is 2.43 bits per heavy atom. The number of fused-ring (bicyclic) bond motifs is 1. The number of nitrogens with two attached hydrogens (primary N) is 1. The highest BCUT2D eigenvalue weighted by Crippen LogP contribution is 2.32. The maximum Gasteiger partial charge on any atom is 0.263 e. The molecule has 2 aromatic heterocycles. The molecule has 140 valence electrons. The summed E-state index contributed by atoms with van der Waals surface area (Å²) < 4.78 is 1.63. The van der Waals surface area contributed by atoms with Gasteiger partial charge in [0.05, 0.1) is 17.7 Å². The fourth-order valence-electron chi connectivity index (χ4n) is 2.99. The Kier molecular flexibility index (Phi) is 5.27. The van der Waals surface area contributed by atoms with Crippen LogP contribution in [0.4, 0.5) is 0 Å². The molecule has 0 unspecified atom stereocenters. The molecule has 0 aliphatic rings. The molecule has 28 heavy (non-hydrogen) atoms. The number of hydrogen-bond donors (Lipinski definition) is 1. The Labute approximate surface area is 169 Å². The number of hydrogen-bond acceptors (Lipinski definition) is 5. The lowest BCUT2D eigenvalue weighted by molar-refractivity contribution is -0.115. The SMILES string of the molecule is NC(=O)CSc1nc2scc(-c3ccccc3)c2c(=O)n1Cc1ccccc1. The number of primary amides is 1. The van der Waals surface area contributed by atoms with Crippen molar-refractivity contribution in [3.8, 4) is 11.1 Å². The van der Waals surface area contributed by atoms with E-state index in [1.807, 2.05) is 66.0 Å². The molecule has 4 aromatic rings. The molecule has 4 rings (SSSR count). The highest BCUT2D eigenvalue weighted by molar-refractivity contribution is 7.99. The van der Waals surface area contributed by atoms with Crippen LogP contribution in [-0.4, -0.2) is 21.2 Å². The Morgan fingerprint density at radius 2 is 1.75 bits per heavy atom. The van der Waals surface area contributed by atoms with E-state index in [2.05, 4.69) is 4.98 Å². The molecule has 2 heterocycles. The first-order valence-electron chi connectivity index (χ1n) is 8.66. The van der Waals surface area contributed by atoms with Crippen molar-refractivity contribution in [1.29, 1.82) is 0 Å². The highest BCUT2D eigenvalue weighted by atomic mass is 32.2. The predicted octanol–water partition coefficient (Wildman–Crippen LogP) is 3.75. The molecule has 7 heteroatoms. The molecule has 2 N–H and O–H groups in total. The van der Waals surface area contributed by atoms with Gasteiger partial charge < -0.3 is 5.73 Å². The van der Waals surface area contributed by atoms with Gasteiger partial charge >= 0.3 is 0 Å². The second-order valence-electron chi connectivity index (χ2n) is 6.22. The van der Waals surface area contributed by atoms with Crippen LogP contribution >= 0.6 is 23.1 Å². The van der Waals surface area contributed by atoms with Crippen molar-refractivity contribution < 1.29 is 4.79 Å². The third-order valence-corrected chi connectivity index (χ3v) is 6.14. The third kappa shape index (κ3) is 3.72. The van der Waals surface area contributed by atoms with Crippen LogP contribution in [0.5, 0.6) is 0 Å². The number of rotatable bonds is 6. The number of carbonyl (C=O) groups excluding carboxylic acids is 1. The molecule has 0 fully saturated rings. The van der Waals surface area contributed by atoms with E-state index in [1.54, 1.807) is 4.57 Å². The molecule has 2 aromatic carbocycles. The number of amides is 1. The zero-order chi connectivity index (χ0) is 19.5. The molecular formula is C21H17N3O2S2. The molecule has 5 nitrogen and oxygen atoms in total. The lowest BCUT2D eigenvalue weighted by atomic mass is 10.1. The van der Waals surface area contributed by atoms with Crippen molar-refractivity contribution in [2.75, 3.05) is 5.75 Å². The minimum Gasteiger partial charge on any atom is -0.369 e. The molecule has 0 bridgehead atoms. The van der Waals surface area contributed by atoms with Gasteiger partial charge in [0.1, 0.15) is 4.83 Å². The first-order chi connectivity index (χ1) is 13.6. The van der Waals surface area contributed by atoms with E-state index in [0.29, 0.717) is 21.9 Å². The topological polar surface area (TPSA) is 78.0 Å². The van der Waals surface area contributed by atoms with Gasteiger partial charge in [0, 0.05) is 10.9 Å². The number of aromatic nitrogens is 2. The monoisotopic (exact) mass is 407 g/mol. The van der Waals surface area contributed by atoms with E-state index in [9.17, 15) is 9.59 Å². The first kappa shape index (κ1) is 18.5. The summed E-state index contributed by atoms with van der Waals surface area (Å²) in [5, 5.41) is 3.07. The van der Waals surface area contributed by atoms with Gasteiger partial charge in [-0.25, -0.2) is 4.98 Å². The molecule has 0 radical (unpaired) electrons. The van der Waals surface area contributed by atoms with Crippen LogP contribution in [0, 0.1) is 0 Å². The second-order valence-corrected chi connectivity index (χ2v) is 8.02. The van der Waals surface area contributed by atoms with Crippen molar-refractivity contribution in [2.24, 2.45) is 5.73 Å².